The number of aromatic nitrogens is 3. The Hall–Kier alpha value is -3.07. The maximum absolute atomic E-state index is 12.3. The Bertz CT molecular complexity index is 2070. The van der Waals surface area contributed by atoms with Gasteiger partial charge in [-0.15, -0.1) is 0 Å². The van der Waals surface area contributed by atoms with Crippen LogP contribution < -0.4 is 43.5 Å². The molecular formula is C77H136Li2N4O9-4. The van der Waals surface area contributed by atoms with E-state index in [4.69, 9.17) is 34.4 Å². The normalized spacial score (nSPS) is 11.8. The van der Waals surface area contributed by atoms with Gasteiger partial charge in [0.15, 0.2) is 5.82 Å². The number of benzene rings is 1. The van der Waals surface area contributed by atoms with Gasteiger partial charge in [-0.25, -0.2) is 9.97 Å². The van der Waals surface area contributed by atoms with Crippen molar-refractivity contribution in [1.82, 2.24) is 14.5 Å². The monoisotopic (exact) mass is 1280 g/mol. The number of hydrogen-bond acceptors (Lipinski definition) is 12. The van der Waals surface area contributed by atoms with Crippen LogP contribution in [0.2, 0.25) is 0 Å². The summed E-state index contributed by atoms with van der Waals surface area (Å²) in [6.45, 7) is 42.0. The first-order valence-electron chi connectivity index (χ1n) is 36.2. The third kappa shape index (κ3) is 51.2. The van der Waals surface area contributed by atoms with Gasteiger partial charge in [0.1, 0.15) is 41.9 Å². The number of nitrogens with two attached hydrogens (primary N) is 1. The fourth-order valence-electron chi connectivity index (χ4n) is 10.2. The van der Waals surface area contributed by atoms with Gasteiger partial charge in [-0.3, -0.25) is 19.2 Å². The Labute approximate surface area is 589 Å². The molecule has 0 bridgehead atoms. The van der Waals surface area contributed by atoms with Gasteiger partial charge in [-0.2, -0.15) is 25.7 Å². The fraction of sp³-hybridized carbons (Fsp3) is 0.740. The van der Waals surface area contributed by atoms with Crippen molar-refractivity contribution < 1.29 is 80.6 Å². The number of unbranched alkanes of at least 4 members (excludes halogenated alkanes) is 23. The van der Waals surface area contributed by atoms with Gasteiger partial charge in [-0.05, 0) is 110 Å². The molecular weight excluding hydrogens is 1140 g/mol. The zero-order valence-corrected chi connectivity index (χ0v) is 61.5. The van der Waals surface area contributed by atoms with Crippen LogP contribution in [0.15, 0.2) is 24.3 Å². The molecule has 2 aromatic heterocycles. The molecule has 3 rings (SSSR count). The van der Waals surface area contributed by atoms with Gasteiger partial charge < -0.3 is 81.9 Å². The number of nitrogen functional groups attached to an aromatic ring is 1. The number of rotatable bonds is 49. The van der Waals surface area contributed by atoms with Crippen molar-refractivity contribution in [2.45, 2.75) is 363 Å². The summed E-state index contributed by atoms with van der Waals surface area (Å²) in [5.41, 5.74) is 7.82. The van der Waals surface area contributed by atoms with E-state index >= 15 is 0 Å². The minimum Gasteiger partial charge on any atom is -0.462 e. The van der Waals surface area contributed by atoms with Crippen molar-refractivity contribution >= 4 is 51.6 Å². The molecule has 3 atom stereocenters. The number of esters is 4. The Morgan fingerprint density at radius 1 is 0.489 bits per heavy atom. The zero-order valence-electron chi connectivity index (χ0n) is 61.5. The molecule has 0 aliphatic rings. The topological polar surface area (TPSA) is 171 Å². The molecule has 3 unspecified atom stereocenters. The van der Waals surface area contributed by atoms with Crippen molar-refractivity contribution in [3.05, 3.63) is 71.6 Å². The van der Waals surface area contributed by atoms with Crippen LogP contribution in [0.4, 0.5) is 5.82 Å². The van der Waals surface area contributed by atoms with Crippen LogP contribution in [-0.4, -0.2) is 68.9 Å². The van der Waals surface area contributed by atoms with Crippen molar-refractivity contribution in [3.8, 4) is 0 Å². The van der Waals surface area contributed by atoms with E-state index in [-0.39, 0.29) is 79.9 Å². The van der Waals surface area contributed by atoms with Gasteiger partial charge in [0.05, 0.1) is 17.6 Å². The largest absolute Gasteiger partial charge is 1.00 e. The zero-order chi connectivity index (χ0) is 67.5. The van der Waals surface area contributed by atoms with Crippen LogP contribution in [0, 0.1) is 41.5 Å². The number of pyridine rings is 1. The van der Waals surface area contributed by atoms with Crippen LogP contribution in [0.5, 0.6) is 0 Å². The molecule has 0 aliphatic carbocycles. The molecule has 92 heavy (non-hydrogen) atoms. The maximum Gasteiger partial charge on any atom is 1.00 e. The van der Waals surface area contributed by atoms with Crippen molar-refractivity contribution in [3.63, 3.8) is 0 Å². The summed E-state index contributed by atoms with van der Waals surface area (Å²) in [4.78, 5) is 56.7. The number of carbonyl (C=O) groups is 4. The smallest absolute Gasteiger partial charge is 0.462 e. The van der Waals surface area contributed by atoms with Crippen LogP contribution in [0.25, 0.3) is 21.9 Å². The molecule has 0 saturated carbocycles. The SMILES string of the molecule is [CH2-]CCCCC(=O)OC(C)(C)Cn1c(COCC)nc2c(N)nc3ccccc3c21.[CH2-]CCCCCCCC(=O)OC(CC)CCCCC.[CH2-]CCCCCCCC(=O)OC(CC)CCCCC.[CH2-]CCCCCCCC(=O)OC(CC)CCCCC.[CH2-]C[CH2-].[Li+].[Li+]. The molecule has 0 radical (unpaired) electrons. The second kappa shape index (κ2) is 66.5. The third-order valence-electron chi connectivity index (χ3n) is 15.5. The predicted octanol–water partition coefficient (Wildman–Crippen LogP) is 15.8. The van der Waals surface area contributed by atoms with E-state index in [1.165, 1.54) is 116 Å². The Morgan fingerprint density at radius 2 is 0.837 bits per heavy atom. The molecule has 3 aromatic rings. The average Bonchev–Trinajstić information content (AvgIpc) is 1.58. The van der Waals surface area contributed by atoms with E-state index in [2.05, 4.69) is 92.6 Å². The standard InChI is InChI=1S/C23H31N4O3.3C17H33O2.C3H6.2Li/c1-5-7-8-13-19(28)30-23(3,4)15-27-18(14-29-6-2)26-20-21(27)16-11-9-10-12-17(16)25-22(20)24;3*1-4-7-9-10-11-13-15-17(18)19-16(6-3)14-12-8-5-2;1-3-2;;/h9-12H,1,5-8,13-15H2,2-4H3,(H2,24,25);3*16H,1,4-15H2,2-3H3;1-3H2;;/q4*-1;-2;2*+1. The van der Waals surface area contributed by atoms with Crippen molar-refractivity contribution in [1.29, 1.82) is 0 Å². The summed E-state index contributed by atoms with van der Waals surface area (Å²) in [5, 5.41) is 0.953. The van der Waals surface area contributed by atoms with E-state index in [1.807, 2.05) is 45.0 Å². The molecule has 2 N–H and O–H groups in total. The first kappa shape index (κ1) is 95.3. The molecule has 0 aliphatic heterocycles. The Balaban J connectivity index is -0.000000562. The van der Waals surface area contributed by atoms with E-state index in [0.29, 0.717) is 56.8 Å². The van der Waals surface area contributed by atoms with Gasteiger partial charge >= 0.3 is 61.6 Å². The van der Waals surface area contributed by atoms with Crippen LogP contribution in [0.3, 0.4) is 0 Å². The summed E-state index contributed by atoms with van der Waals surface area (Å²) >= 11 is 0. The summed E-state index contributed by atoms with van der Waals surface area (Å²) in [6, 6.07) is 7.83. The molecule has 524 valence electrons. The number of carbonyl (C=O) groups excluding carboxylic acids is 4. The average molecular weight is 1280 g/mol. The van der Waals surface area contributed by atoms with E-state index < -0.39 is 5.60 Å². The second-order valence-corrected chi connectivity index (χ2v) is 24.5. The minimum atomic E-state index is -0.727. The van der Waals surface area contributed by atoms with Gasteiger partial charge in [0, 0.05) is 37.7 Å². The number of anilines is 1. The molecule has 15 heteroatoms. The number of ether oxygens (including phenoxy) is 5. The van der Waals surface area contributed by atoms with E-state index in [0.717, 1.165) is 144 Å². The molecule has 0 amide bonds. The molecule has 0 spiro atoms. The maximum atomic E-state index is 12.3. The Kier molecular flexibility index (Phi) is 69.0. The summed E-state index contributed by atoms with van der Waals surface area (Å²) < 4.78 is 30.1. The number of hydrogen-bond donors (Lipinski definition) is 1. The minimum absolute atomic E-state index is 0. The van der Waals surface area contributed by atoms with Crippen molar-refractivity contribution in [2.24, 2.45) is 0 Å². The quantitative estimate of drug-likeness (QED) is 0.0187. The van der Waals surface area contributed by atoms with Crippen molar-refractivity contribution in [2.75, 3.05) is 12.3 Å². The number of para-hydroxylation sites is 1. The van der Waals surface area contributed by atoms with Gasteiger partial charge in [-0.1, -0.05) is 182 Å². The molecule has 13 nitrogen and oxygen atoms in total. The number of nitrogens with zero attached hydrogens (tertiary/aromatic N) is 3. The molecule has 1 aromatic carbocycles. The first-order chi connectivity index (χ1) is 43.5. The van der Waals surface area contributed by atoms with E-state index in [1.54, 1.807) is 0 Å². The van der Waals surface area contributed by atoms with Gasteiger partial charge in [0.25, 0.3) is 0 Å². The van der Waals surface area contributed by atoms with Gasteiger partial charge in [0.2, 0.25) is 0 Å². The second-order valence-electron chi connectivity index (χ2n) is 24.5. The third-order valence-corrected chi connectivity index (χ3v) is 15.5. The first-order valence-corrected chi connectivity index (χ1v) is 36.2. The predicted molar refractivity (Wildman–Crippen MR) is 380 cm³/mol. The van der Waals surface area contributed by atoms with E-state index in [9.17, 15) is 19.2 Å². The summed E-state index contributed by atoms with van der Waals surface area (Å²) in [6.07, 6.45) is 43.1. The molecule has 2 heterocycles. The molecule has 0 fully saturated rings. The number of fused-ring (bicyclic) bond motifs is 3. The molecule has 0 saturated heterocycles. The Morgan fingerprint density at radius 3 is 1.21 bits per heavy atom. The van der Waals surface area contributed by atoms with Crippen LogP contribution in [0.1, 0.15) is 331 Å². The summed E-state index contributed by atoms with van der Waals surface area (Å²) in [7, 11) is 0. The summed E-state index contributed by atoms with van der Waals surface area (Å²) in [5.74, 6) is 0.915. The van der Waals surface area contributed by atoms with Crippen LogP contribution in [-0.2, 0) is 56.0 Å². The fourth-order valence-corrected chi connectivity index (χ4v) is 10.2. The number of imidazole rings is 1. The van der Waals surface area contributed by atoms with Crippen LogP contribution >= 0.6 is 0 Å².